The molecule has 6 heteroatoms. The summed E-state index contributed by atoms with van der Waals surface area (Å²) in [6.45, 7) is 0. The average molecular weight is 211 g/mol. The number of pyridine rings is 1. The van der Waals surface area contributed by atoms with E-state index in [0.29, 0.717) is 0 Å². The summed E-state index contributed by atoms with van der Waals surface area (Å²) in [5, 5.41) is 0. The number of anilines is 1. The van der Waals surface area contributed by atoms with Crippen LogP contribution in [0, 0.1) is 5.95 Å². The maximum atomic E-state index is 12.6. The lowest BCUT2D eigenvalue weighted by Gasteiger charge is -2.08. The SMILES string of the molecule is Nc1nc(F)cc(CCl)c1C(F)F. The predicted octanol–water partition coefficient (Wildman–Crippen LogP) is 2.48. The molecule has 0 atom stereocenters. The standard InChI is InChI=1S/C7H6ClF3N2/c8-2-3-1-4(9)13-7(12)5(3)6(10)11/h1,6H,2H2,(H2,12,13). The molecule has 2 N–H and O–H groups in total. The van der Waals surface area contributed by atoms with Gasteiger partial charge in [0.15, 0.2) is 0 Å². The molecule has 13 heavy (non-hydrogen) atoms. The lowest BCUT2D eigenvalue weighted by Crippen LogP contribution is -2.04. The fourth-order valence-electron chi connectivity index (χ4n) is 0.956. The summed E-state index contributed by atoms with van der Waals surface area (Å²) in [4.78, 5) is 3.08. The van der Waals surface area contributed by atoms with Crippen LogP contribution in [-0.2, 0) is 5.88 Å². The molecule has 0 saturated heterocycles. The van der Waals surface area contributed by atoms with Gasteiger partial charge in [0, 0.05) is 5.88 Å². The number of halogens is 4. The Morgan fingerprint density at radius 1 is 1.54 bits per heavy atom. The lowest BCUT2D eigenvalue weighted by atomic mass is 10.1. The number of hydrogen-bond donors (Lipinski definition) is 1. The number of aromatic nitrogens is 1. The van der Waals surface area contributed by atoms with E-state index in [2.05, 4.69) is 4.98 Å². The van der Waals surface area contributed by atoms with Gasteiger partial charge in [-0.2, -0.15) is 4.39 Å². The highest BCUT2D eigenvalue weighted by molar-refractivity contribution is 6.17. The van der Waals surface area contributed by atoms with Crippen LogP contribution in [-0.4, -0.2) is 4.98 Å². The minimum absolute atomic E-state index is 0.0262. The molecule has 1 aromatic heterocycles. The van der Waals surface area contributed by atoms with Crippen LogP contribution in [0.15, 0.2) is 6.07 Å². The molecule has 0 aliphatic rings. The van der Waals surface area contributed by atoms with Gasteiger partial charge in [-0.15, -0.1) is 11.6 Å². The van der Waals surface area contributed by atoms with E-state index >= 15 is 0 Å². The monoisotopic (exact) mass is 210 g/mol. The maximum Gasteiger partial charge on any atom is 0.267 e. The summed E-state index contributed by atoms with van der Waals surface area (Å²) in [5.41, 5.74) is 4.59. The van der Waals surface area contributed by atoms with Crippen LogP contribution in [0.5, 0.6) is 0 Å². The maximum absolute atomic E-state index is 12.6. The highest BCUT2D eigenvalue weighted by Gasteiger charge is 2.18. The highest BCUT2D eigenvalue weighted by atomic mass is 35.5. The molecule has 2 nitrogen and oxygen atoms in total. The Bertz CT molecular complexity index is 317. The van der Waals surface area contributed by atoms with Crippen molar-refractivity contribution in [3.63, 3.8) is 0 Å². The fourth-order valence-corrected chi connectivity index (χ4v) is 1.18. The molecule has 0 radical (unpaired) electrons. The fraction of sp³-hybridized carbons (Fsp3) is 0.286. The number of alkyl halides is 3. The van der Waals surface area contributed by atoms with E-state index in [4.69, 9.17) is 17.3 Å². The summed E-state index contributed by atoms with van der Waals surface area (Å²) in [6.07, 6.45) is -2.79. The first-order valence-corrected chi connectivity index (χ1v) is 3.88. The number of nitrogens with two attached hydrogens (primary N) is 1. The zero-order valence-electron chi connectivity index (χ0n) is 6.40. The van der Waals surface area contributed by atoms with Gasteiger partial charge in [0.25, 0.3) is 6.43 Å². The molecule has 72 valence electrons. The Hall–Kier alpha value is -0.970. The van der Waals surface area contributed by atoms with Crippen LogP contribution in [0.1, 0.15) is 17.6 Å². The third-order valence-electron chi connectivity index (χ3n) is 1.50. The smallest absolute Gasteiger partial charge is 0.267 e. The van der Waals surface area contributed by atoms with E-state index in [-0.39, 0.29) is 11.4 Å². The second-order valence-electron chi connectivity index (χ2n) is 2.34. The summed E-state index contributed by atoms with van der Waals surface area (Å²) in [5.74, 6) is -1.63. The van der Waals surface area contributed by atoms with Crippen molar-refractivity contribution in [2.24, 2.45) is 0 Å². The Balaban J connectivity index is 3.30. The van der Waals surface area contributed by atoms with Gasteiger partial charge in [0.1, 0.15) is 5.82 Å². The topological polar surface area (TPSA) is 38.9 Å². The van der Waals surface area contributed by atoms with E-state index < -0.39 is 23.8 Å². The molecule has 0 aliphatic carbocycles. The highest BCUT2D eigenvalue weighted by Crippen LogP contribution is 2.28. The first-order valence-electron chi connectivity index (χ1n) is 3.35. The van der Waals surface area contributed by atoms with Crippen molar-refractivity contribution in [3.05, 3.63) is 23.1 Å². The molecule has 1 heterocycles. The lowest BCUT2D eigenvalue weighted by molar-refractivity contribution is 0.151. The molecule has 0 spiro atoms. The predicted molar refractivity (Wildman–Crippen MR) is 43.1 cm³/mol. The Kier molecular flexibility index (Phi) is 2.98. The third-order valence-corrected chi connectivity index (χ3v) is 1.79. The minimum atomic E-state index is -2.79. The zero-order chi connectivity index (χ0) is 10.0. The van der Waals surface area contributed by atoms with Crippen LogP contribution in [0.25, 0.3) is 0 Å². The van der Waals surface area contributed by atoms with Gasteiger partial charge in [-0.3, -0.25) is 0 Å². The van der Waals surface area contributed by atoms with E-state index in [1.165, 1.54) is 0 Å². The largest absolute Gasteiger partial charge is 0.383 e. The van der Waals surface area contributed by atoms with Gasteiger partial charge in [-0.1, -0.05) is 0 Å². The molecule has 0 fully saturated rings. The molecular formula is C7H6ClF3N2. The number of nitrogens with zero attached hydrogens (tertiary/aromatic N) is 1. The molecule has 0 bridgehead atoms. The average Bonchev–Trinajstić information content (AvgIpc) is 2.01. The molecular weight excluding hydrogens is 205 g/mol. The van der Waals surface area contributed by atoms with E-state index in [1.54, 1.807) is 0 Å². The van der Waals surface area contributed by atoms with Crippen LogP contribution in [0.2, 0.25) is 0 Å². The second kappa shape index (κ2) is 3.83. The number of hydrogen-bond acceptors (Lipinski definition) is 2. The van der Waals surface area contributed by atoms with Crippen molar-refractivity contribution >= 4 is 17.4 Å². The molecule has 0 amide bonds. The van der Waals surface area contributed by atoms with E-state index in [0.717, 1.165) is 6.07 Å². The Labute approximate surface area is 77.5 Å². The number of rotatable bonds is 2. The minimum Gasteiger partial charge on any atom is -0.383 e. The van der Waals surface area contributed by atoms with Crippen LogP contribution in [0.3, 0.4) is 0 Å². The Morgan fingerprint density at radius 2 is 2.15 bits per heavy atom. The first-order chi connectivity index (χ1) is 6.06. The van der Waals surface area contributed by atoms with E-state index in [9.17, 15) is 13.2 Å². The van der Waals surface area contributed by atoms with Gasteiger partial charge in [-0.25, -0.2) is 13.8 Å². The third kappa shape index (κ3) is 2.03. The summed E-state index contributed by atoms with van der Waals surface area (Å²) in [7, 11) is 0. The Morgan fingerprint density at radius 3 is 2.62 bits per heavy atom. The summed E-state index contributed by atoms with van der Waals surface area (Å²) in [6, 6.07) is 0.852. The molecule has 0 saturated carbocycles. The van der Waals surface area contributed by atoms with Crippen molar-refractivity contribution in [1.82, 2.24) is 4.98 Å². The summed E-state index contributed by atoms with van der Waals surface area (Å²) >= 11 is 5.34. The van der Waals surface area contributed by atoms with Crippen molar-refractivity contribution in [2.75, 3.05) is 5.73 Å². The van der Waals surface area contributed by atoms with Crippen LogP contribution in [0.4, 0.5) is 19.0 Å². The van der Waals surface area contributed by atoms with Gasteiger partial charge < -0.3 is 5.73 Å². The van der Waals surface area contributed by atoms with E-state index in [1.807, 2.05) is 0 Å². The van der Waals surface area contributed by atoms with Crippen LogP contribution >= 0.6 is 11.6 Å². The van der Waals surface area contributed by atoms with Crippen molar-refractivity contribution < 1.29 is 13.2 Å². The molecule has 1 rings (SSSR count). The van der Waals surface area contributed by atoms with Crippen molar-refractivity contribution in [1.29, 1.82) is 0 Å². The molecule has 0 aliphatic heterocycles. The number of nitrogen functional groups attached to an aromatic ring is 1. The quantitative estimate of drug-likeness (QED) is 0.602. The summed E-state index contributed by atoms with van der Waals surface area (Å²) < 4.78 is 37.2. The molecule has 1 aromatic rings. The van der Waals surface area contributed by atoms with Gasteiger partial charge >= 0.3 is 0 Å². The second-order valence-corrected chi connectivity index (χ2v) is 2.60. The first kappa shape index (κ1) is 10.1. The van der Waals surface area contributed by atoms with Crippen molar-refractivity contribution in [3.8, 4) is 0 Å². The van der Waals surface area contributed by atoms with Gasteiger partial charge in [0.05, 0.1) is 5.56 Å². The van der Waals surface area contributed by atoms with Crippen LogP contribution < -0.4 is 5.73 Å². The normalized spacial score (nSPS) is 10.8. The molecule has 0 aromatic carbocycles. The van der Waals surface area contributed by atoms with Gasteiger partial charge in [0.2, 0.25) is 5.95 Å². The molecule has 0 unspecified atom stereocenters. The van der Waals surface area contributed by atoms with Crippen molar-refractivity contribution in [2.45, 2.75) is 12.3 Å². The van der Waals surface area contributed by atoms with Gasteiger partial charge in [-0.05, 0) is 11.6 Å². The zero-order valence-corrected chi connectivity index (χ0v) is 7.15.